The molecule has 4 rings (SSSR count). The van der Waals surface area contributed by atoms with Crippen LogP contribution in [0.1, 0.15) is 22.3 Å². The zero-order chi connectivity index (χ0) is 19.7. The molecule has 7 heteroatoms. The molecule has 2 aliphatic heterocycles. The van der Waals surface area contributed by atoms with Crippen LogP contribution >= 0.6 is 0 Å². The van der Waals surface area contributed by atoms with Crippen molar-refractivity contribution in [2.45, 2.75) is 19.3 Å². The first-order valence-electron chi connectivity index (χ1n) is 9.01. The van der Waals surface area contributed by atoms with Gasteiger partial charge in [-0.15, -0.1) is 0 Å². The van der Waals surface area contributed by atoms with E-state index in [1.165, 1.54) is 0 Å². The number of benzene rings is 2. The van der Waals surface area contributed by atoms with E-state index < -0.39 is 5.97 Å². The van der Waals surface area contributed by atoms with Crippen LogP contribution in [-0.2, 0) is 24.1 Å². The number of fused-ring (bicyclic) bond motifs is 2. The summed E-state index contributed by atoms with van der Waals surface area (Å²) < 4.78 is 21.7. The van der Waals surface area contributed by atoms with Gasteiger partial charge in [0.15, 0.2) is 23.0 Å². The van der Waals surface area contributed by atoms with Gasteiger partial charge in [0.1, 0.15) is 0 Å². The van der Waals surface area contributed by atoms with Crippen LogP contribution in [0.25, 0.3) is 0 Å². The fraction of sp³-hybridized carbons (Fsp3) is 0.333. The molecule has 0 aromatic heterocycles. The third kappa shape index (κ3) is 3.35. The van der Waals surface area contributed by atoms with Crippen molar-refractivity contribution in [2.75, 3.05) is 27.6 Å². The summed E-state index contributed by atoms with van der Waals surface area (Å²) in [5, 5.41) is 9.30. The maximum absolute atomic E-state index is 11.3. The molecule has 0 bridgehead atoms. The van der Waals surface area contributed by atoms with E-state index in [2.05, 4.69) is 0 Å². The molecule has 1 N–H and O–H groups in total. The fourth-order valence-corrected chi connectivity index (χ4v) is 3.64. The highest BCUT2D eigenvalue weighted by Gasteiger charge is 2.23. The second-order valence-corrected chi connectivity index (χ2v) is 6.66. The van der Waals surface area contributed by atoms with E-state index in [4.69, 9.17) is 23.9 Å². The predicted octanol–water partition coefficient (Wildman–Crippen LogP) is 2.65. The fourth-order valence-electron chi connectivity index (χ4n) is 3.64. The highest BCUT2D eigenvalue weighted by Crippen LogP contribution is 2.37. The summed E-state index contributed by atoms with van der Waals surface area (Å²) in [5.41, 5.74) is 4.61. The molecule has 0 unspecified atom stereocenters. The maximum Gasteiger partial charge on any atom is 0.307 e. The lowest BCUT2D eigenvalue weighted by atomic mass is 9.90. The summed E-state index contributed by atoms with van der Waals surface area (Å²) >= 11 is 0. The maximum atomic E-state index is 11.3. The summed E-state index contributed by atoms with van der Waals surface area (Å²) in [7, 11) is 3.22. The van der Waals surface area contributed by atoms with Crippen LogP contribution in [0.5, 0.6) is 23.0 Å². The summed E-state index contributed by atoms with van der Waals surface area (Å²) in [6, 6.07) is 7.54. The molecule has 2 aromatic rings. The van der Waals surface area contributed by atoms with Crippen LogP contribution in [0, 0.1) is 0 Å². The molecule has 28 heavy (non-hydrogen) atoms. The molecule has 0 atom stereocenters. The highest BCUT2D eigenvalue weighted by atomic mass is 16.7. The second-order valence-electron chi connectivity index (χ2n) is 6.66. The Balaban J connectivity index is 1.72. The molecule has 2 aromatic carbocycles. The van der Waals surface area contributed by atoms with Crippen LogP contribution < -0.4 is 18.9 Å². The van der Waals surface area contributed by atoms with Gasteiger partial charge < -0.3 is 24.1 Å². The van der Waals surface area contributed by atoms with E-state index in [0.717, 1.165) is 28.8 Å². The van der Waals surface area contributed by atoms with Gasteiger partial charge in [-0.3, -0.25) is 9.79 Å². The number of hydrogen-bond donors (Lipinski definition) is 1. The zero-order valence-electron chi connectivity index (χ0n) is 15.8. The molecule has 2 aliphatic rings. The first kappa shape index (κ1) is 18.2. The third-order valence-corrected chi connectivity index (χ3v) is 5.00. The van der Waals surface area contributed by atoms with Gasteiger partial charge in [0.25, 0.3) is 0 Å². The van der Waals surface area contributed by atoms with Crippen molar-refractivity contribution in [2.24, 2.45) is 4.99 Å². The molecular weight excluding hydrogens is 362 g/mol. The Kier molecular flexibility index (Phi) is 4.81. The van der Waals surface area contributed by atoms with Crippen LogP contribution in [-0.4, -0.2) is 44.3 Å². The van der Waals surface area contributed by atoms with E-state index in [1.807, 2.05) is 18.2 Å². The van der Waals surface area contributed by atoms with Gasteiger partial charge in [0, 0.05) is 24.2 Å². The Labute approximate surface area is 162 Å². The van der Waals surface area contributed by atoms with E-state index in [0.29, 0.717) is 41.5 Å². The van der Waals surface area contributed by atoms with Gasteiger partial charge in [-0.25, -0.2) is 0 Å². The smallest absolute Gasteiger partial charge is 0.307 e. The lowest BCUT2D eigenvalue weighted by molar-refractivity contribution is -0.136. The average Bonchev–Trinajstić information content (AvgIpc) is 3.14. The van der Waals surface area contributed by atoms with E-state index in [-0.39, 0.29) is 13.2 Å². The standard InChI is InChI=1S/C21H21NO6/c1-25-17-6-12-3-4-22-16(15(12)10-18(17)26-2)5-13-7-19-20(28-11-27-19)8-14(13)9-21(23)24/h6-8,10H,3-5,9,11H2,1-2H3,(H,23,24). The number of nitrogens with zero attached hydrogens (tertiary/aromatic N) is 1. The van der Waals surface area contributed by atoms with Gasteiger partial charge in [0.2, 0.25) is 6.79 Å². The lowest BCUT2D eigenvalue weighted by Gasteiger charge is -2.20. The number of aliphatic carboxylic acids is 1. The topological polar surface area (TPSA) is 86.6 Å². The number of carboxylic acids is 1. The molecule has 0 spiro atoms. The van der Waals surface area contributed by atoms with Crippen LogP contribution in [0.2, 0.25) is 0 Å². The Hall–Kier alpha value is -3.22. The minimum absolute atomic E-state index is 0.0853. The SMILES string of the molecule is COc1cc2c(cc1OC)C(Cc1cc3c(cc1CC(=O)O)OCO3)=NCC2. The molecule has 0 saturated heterocycles. The van der Waals surface area contributed by atoms with Crippen LogP contribution in [0.3, 0.4) is 0 Å². The molecule has 7 nitrogen and oxygen atoms in total. The van der Waals surface area contributed by atoms with E-state index >= 15 is 0 Å². The largest absolute Gasteiger partial charge is 0.493 e. The summed E-state index contributed by atoms with van der Waals surface area (Å²) in [5.74, 6) is 1.66. The minimum atomic E-state index is -0.891. The minimum Gasteiger partial charge on any atom is -0.493 e. The first-order chi connectivity index (χ1) is 13.6. The highest BCUT2D eigenvalue weighted by molar-refractivity contribution is 6.04. The average molecular weight is 383 g/mol. The Morgan fingerprint density at radius 3 is 2.43 bits per heavy atom. The molecule has 0 saturated carbocycles. The number of methoxy groups -OCH3 is 2. The van der Waals surface area contributed by atoms with E-state index in [9.17, 15) is 9.90 Å². The predicted molar refractivity (Wildman–Crippen MR) is 102 cm³/mol. The van der Waals surface area contributed by atoms with Crippen LogP contribution in [0.4, 0.5) is 0 Å². The number of aliphatic imine (C=N–C) groups is 1. The molecule has 0 amide bonds. The van der Waals surface area contributed by atoms with Gasteiger partial charge in [-0.2, -0.15) is 0 Å². The first-order valence-corrected chi connectivity index (χ1v) is 9.01. The summed E-state index contributed by atoms with van der Waals surface area (Å²) in [4.78, 5) is 16.0. The molecule has 146 valence electrons. The van der Waals surface area contributed by atoms with E-state index in [1.54, 1.807) is 20.3 Å². The molecule has 0 fully saturated rings. The Bertz CT molecular complexity index is 966. The number of hydrogen-bond acceptors (Lipinski definition) is 6. The zero-order valence-corrected chi connectivity index (χ0v) is 15.8. The van der Waals surface area contributed by atoms with Gasteiger partial charge >= 0.3 is 5.97 Å². The number of carbonyl (C=O) groups is 1. The normalized spacial score (nSPS) is 14.3. The Morgan fingerprint density at radius 2 is 1.75 bits per heavy atom. The monoisotopic (exact) mass is 383 g/mol. The van der Waals surface area contributed by atoms with Crippen molar-refractivity contribution in [1.29, 1.82) is 0 Å². The van der Waals surface area contributed by atoms with Gasteiger partial charge in [-0.1, -0.05) is 0 Å². The quantitative estimate of drug-likeness (QED) is 0.825. The molecule has 0 aliphatic carbocycles. The van der Waals surface area contributed by atoms with Crippen molar-refractivity contribution in [3.63, 3.8) is 0 Å². The van der Waals surface area contributed by atoms with Crippen LogP contribution in [0.15, 0.2) is 29.3 Å². The summed E-state index contributed by atoms with van der Waals surface area (Å²) in [6.45, 7) is 0.822. The lowest BCUT2D eigenvalue weighted by Crippen LogP contribution is -2.17. The third-order valence-electron chi connectivity index (χ3n) is 5.00. The number of ether oxygens (including phenoxy) is 4. The number of rotatable bonds is 6. The van der Waals surface area contributed by atoms with Crippen molar-refractivity contribution < 1.29 is 28.8 Å². The van der Waals surface area contributed by atoms with Crippen molar-refractivity contribution in [3.05, 3.63) is 46.5 Å². The molecule has 0 radical (unpaired) electrons. The van der Waals surface area contributed by atoms with Crippen molar-refractivity contribution >= 4 is 11.7 Å². The second kappa shape index (κ2) is 7.42. The van der Waals surface area contributed by atoms with Crippen molar-refractivity contribution in [3.8, 4) is 23.0 Å². The van der Waals surface area contributed by atoms with Gasteiger partial charge in [-0.05, 0) is 47.4 Å². The van der Waals surface area contributed by atoms with Crippen molar-refractivity contribution in [1.82, 2.24) is 0 Å². The molecule has 2 heterocycles. The van der Waals surface area contributed by atoms with Gasteiger partial charge in [0.05, 0.1) is 20.6 Å². The summed E-state index contributed by atoms with van der Waals surface area (Å²) in [6.07, 6.45) is 1.24. The Morgan fingerprint density at radius 1 is 1.07 bits per heavy atom. The molecular formula is C21H21NO6. The number of carboxylic acid groups (broad SMARTS) is 1.